The van der Waals surface area contributed by atoms with E-state index in [4.69, 9.17) is 11.6 Å². The van der Waals surface area contributed by atoms with Crippen LogP contribution in [0.3, 0.4) is 0 Å². The zero-order valence-electron chi connectivity index (χ0n) is 12.1. The Labute approximate surface area is 140 Å². The summed E-state index contributed by atoms with van der Waals surface area (Å²) < 4.78 is 26.7. The molecule has 0 unspecified atom stereocenters. The summed E-state index contributed by atoms with van der Waals surface area (Å²) in [5, 5.41) is 4.82. The summed E-state index contributed by atoms with van der Waals surface area (Å²) in [6.45, 7) is 1.20. The molecule has 1 aromatic heterocycles. The molecule has 0 radical (unpaired) electrons. The van der Waals surface area contributed by atoms with E-state index >= 15 is 0 Å². The summed E-state index contributed by atoms with van der Waals surface area (Å²) in [6, 6.07) is 9.21. The van der Waals surface area contributed by atoms with Gasteiger partial charge in [-0.1, -0.05) is 23.7 Å². The Balaban J connectivity index is 1.64. The minimum Gasteiger partial charge on any atom is -0.212 e. The lowest BCUT2D eigenvalue weighted by atomic mass is 9.92. The van der Waals surface area contributed by atoms with E-state index in [0.717, 1.165) is 18.4 Å². The molecule has 1 fully saturated rings. The van der Waals surface area contributed by atoms with Crippen molar-refractivity contribution in [3.8, 4) is 0 Å². The van der Waals surface area contributed by atoms with Gasteiger partial charge in [0.2, 0.25) is 10.0 Å². The first-order valence-corrected chi connectivity index (χ1v) is 10.2. The standard InChI is InChI=1S/C16H18ClNO2S2/c17-16-3-1-2-13(10-16)12-22(19,20)18-7-4-14(5-8-18)15-6-9-21-11-15/h1-3,6,9-11,14H,4-5,7-8,12H2. The van der Waals surface area contributed by atoms with E-state index in [0.29, 0.717) is 24.0 Å². The molecule has 22 heavy (non-hydrogen) atoms. The number of hydrogen-bond donors (Lipinski definition) is 0. The predicted octanol–water partition coefficient (Wildman–Crippen LogP) is 4.11. The van der Waals surface area contributed by atoms with E-state index in [9.17, 15) is 8.42 Å². The van der Waals surface area contributed by atoms with Crippen LogP contribution in [0.4, 0.5) is 0 Å². The van der Waals surface area contributed by atoms with E-state index in [2.05, 4.69) is 16.8 Å². The Bertz CT molecular complexity index is 720. The molecule has 118 valence electrons. The molecule has 0 N–H and O–H groups in total. The van der Waals surface area contributed by atoms with Crippen molar-refractivity contribution in [3.63, 3.8) is 0 Å². The molecule has 1 aliphatic rings. The number of thiophene rings is 1. The highest BCUT2D eigenvalue weighted by Gasteiger charge is 2.28. The first kappa shape index (κ1) is 16.0. The number of piperidine rings is 1. The van der Waals surface area contributed by atoms with E-state index in [1.54, 1.807) is 33.8 Å². The molecule has 3 nitrogen and oxygen atoms in total. The van der Waals surface area contributed by atoms with Crippen molar-refractivity contribution in [2.45, 2.75) is 24.5 Å². The van der Waals surface area contributed by atoms with Gasteiger partial charge in [0.05, 0.1) is 5.75 Å². The van der Waals surface area contributed by atoms with E-state index in [1.165, 1.54) is 5.56 Å². The average Bonchev–Trinajstić information content (AvgIpc) is 3.01. The lowest BCUT2D eigenvalue weighted by Gasteiger charge is -2.31. The quantitative estimate of drug-likeness (QED) is 0.827. The van der Waals surface area contributed by atoms with Crippen molar-refractivity contribution in [2.24, 2.45) is 0 Å². The molecule has 0 spiro atoms. The van der Waals surface area contributed by atoms with Crippen molar-refractivity contribution in [3.05, 3.63) is 57.2 Å². The van der Waals surface area contributed by atoms with Crippen LogP contribution in [0, 0.1) is 0 Å². The topological polar surface area (TPSA) is 37.4 Å². The highest BCUT2D eigenvalue weighted by molar-refractivity contribution is 7.88. The normalized spacial score (nSPS) is 17.7. The van der Waals surface area contributed by atoms with Crippen LogP contribution in [-0.4, -0.2) is 25.8 Å². The van der Waals surface area contributed by atoms with Gasteiger partial charge in [0.25, 0.3) is 0 Å². The van der Waals surface area contributed by atoms with Crippen molar-refractivity contribution in [2.75, 3.05) is 13.1 Å². The molecule has 3 rings (SSSR count). The molecule has 0 saturated carbocycles. The van der Waals surface area contributed by atoms with Gasteiger partial charge in [-0.2, -0.15) is 11.3 Å². The third-order valence-electron chi connectivity index (χ3n) is 4.10. The summed E-state index contributed by atoms with van der Waals surface area (Å²) in [5.74, 6) is 0.514. The van der Waals surface area contributed by atoms with Gasteiger partial charge in [0.1, 0.15) is 0 Å². The molecule has 2 aromatic rings. The van der Waals surface area contributed by atoms with E-state index in [-0.39, 0.29) is 5.75 Å². The van der Waals surface area contributed by atoms with Crippen LogP contribution in [0.5, 0.6) is 0 Å². The maximum absolute atomic E-state index is 12.5. The second kappa shape index (κ2) is 6.71. The largest absolute Gasteiger partial charge is 0.218 e. The minimum absolute atomic E-state index is 0.0245. The fourth-order valence-electron chi connectivity index (χ4n) is 2.90. The Morgan fingerprint density at radius 3 is 2.64 bits per heavy atom. The molecule has 0 amide bonds. The van der Waals surface area contributed by atoms with Crippen LogP contribution < -0.4 is 0 Å². The number of rotatable bonds is 4. The zero-order chi connectivity index (χ0) is 15.6. The molecule has 0 bridgehead atoms. The van der Waals surface area contributed by atoms with Crippen molar-refractivity contribution >= 4 is 33.0 Å². The second-order valence-electron chi connectivity index (χ2n) is 5.62. The van der Waals surface area contributed by atoms with Crippen LogP contribution >= 0.6 is 22.9 Å². The fourth-order valence-corrected chi connectivity index (χ4v) is 5.41. The minimum atomic E-state index is -3.27. The third kappa shape index (κ3) is 3.71. The number of nitrogens with zero attached hydrogens (tertiary/aromatic N) is 1. The molecule has 2 heterocycles. The number of hydrogen-bond acceptors (Lipinski definition) is 3. The van der Waals surface area contributed by atoms with Crippen molar-refractivity contribution in [1.82, 2.24) is 4.31 Å². The summed E-state index contributed by atoms with van der Waals surface area (Å²) in [5.41, 5.74) is 2.09. The van der Waals surface area contributed by atoms with Crippen LogP contribution in [0.2, 0.25) is 5.02 Å². The molecule has 0 aliphatic carbocycles. The molecule has 0 atom stereocenters. The Morgan fingerprint density at radius 2 is 2.00 bits per heavy atom. The Morgan fingerprint density at radius 1 is 1.23 bits per heavy atom. The van der Waals surface area contributed by atoms with Gasteiger partial charge in [-0.3, -0.25) is 0 Å². The first-order chi connectivity index (χ1) is 10.5. The first-order valence-electron chi connectivity index (χ1n) is 7.29. The number of benzene rings is 1. The smallest absolute Gasteiger partial charge is 0.212 e. The van der Waals surface area contributed by atoms with Gasteiger partial charge in [-0.15, -0.1) is 0 Å². The highest BCUT2D eigenvalue weighted by Crippen LogP contribution is 2.31. The van der Waals surface area contributed by atoms with Gasteiger partial charge < -0.3 is 0 Å². The molecule has 1 aromatic carbocycles. The van der Waals surface area contributed by atoms with Gasteiger partial charge in [-0.25, -0.2) is 12.7 Å². The average molecular weight is 356 g/mol. The zero-order valence-corrected chi connectivity index (χ0v) is 14.5. The highest BCUT2D eigenvalue weighted by atomic mass is 35.5. The van der Waals surface area contributed by atoms with E-state index < -0.39 is 10.0 Å². The van der Waals surface area contributed by atoms with Crippen LogP contribution in [0.25, 0.3) is 0 Å². The SMILES string of the molecule is O=S(=O)(Cc1cccc(Cl)c1)N1CCC(c2ccsc2)CC1. The van der Waals surface area contributed by atoms with Crippen molar-refractivity contribution < 1.29 is 8.42 Å². The summed E-state index contributed by atoms with van der Waals surface area (Å²) in [6.07, 6.45) is 1.79. The maximum atomic E-state index is 12.5. The monoisotopic (exact) mass is 355 g/mol. The molecular weight excluding hydrogens is 338 g/mol. The van der Waals surface area contributed by atoms with Crippen LogP contribution in [0.1, 0.15) is 29.9 Å². The molecule has 6 heteroatoms. The molecule has 1 aliphatic heterocycles. The van der Waals surface area contributed by atoms with Crippen LogP contribution in [0.15, 0.2) is 41.1 Å². The van der Waals surface area contributed by atoms with Gasteiger partial charge in [-0.05, 0) is 58.8 Å². The lowest BCUT2D eigenvalue weighted by Crippen LogP contribution is -2.38. The Hall–Kier alpha value is -0.880. The third-order valence-corrected chi connectivity index (χ3v) is 6.89. The summed E-state index contributed by atoms with van der Waals surface area (Å²) in [7, 11) is -3.27. The van der Waals surface area contributed by atoms with Crippen molar-refractivity contribution in [1.29, 1.82) is 0 Å². The van der Waals surface area contributed by atoms with E-state index in [1.807, 2.05) is 6.07 Å². The molecular formula is C16H18ClNO2S2. The van der Waals surface area contributed by atoms with Gasteiger partial charge in [0.15, 0.2) is 0 Å². The lowest BCUT2D eigenvalue weighted by molar-refractivity contribution is 0.319. The predicted molar refractivity (Wildman–Crippen MR) is 91.9 cm³/mol. The second-order valence-corrected chi connectivity index (χ2v) is 8.80. The summed E-state index contributed by atoms with van der Waals surface area (Å²) >= 11 is 7.63. The maximum Gasteiger partial charge on any atom is 0.218 e. The fraction of sp³-hybridized carbons (Fsp3) is 0.375. The number of halogens is 1. The number of sulfonamides is 1. The van der Waals surface area contributed by atoms with Gasteiger partial charge >= 0.3 is 0 Å². The van der Waals surface area contributed by atoms with Gasteiger partial charge in [0, 0.05) is 18.1 Å². The molecule has 1 saturated heterocycles. The summed E-state index contributed by atoms with van der Waals surface area (Å²) in [4.78, 5) is 0. The Kier molecular flexibility index (Phi) is 4.88. The van der Waals surface area contributed by atoms with Crippen LogP contribution in [-0.2, 0) is 15.8 Å².